The zero-order valence-corrected chi connectivity index (χ0v) is 12.2. The number of amides is 1. The van der Waals surface area contributed by atoms with E-state index in [2.05, 4.69) is 10.4 Å². The summed E-state index contributed by atoms with van der Waals surface area (Å²) in [5.41, 5.74) is 1.23. The number of hydrogen-bond acceptors (Lipinski definition) is 4. The highest BCUT2D eigenvalue weighted by Crippen LogP contribution is 2.18. The number of nitro groups is 1. The third-order valence-electron chi connectivity index (χ3n) is 3.22. The fourth-order valence-corrected chi connectivity index (χ4v) is 2.00. The first-order valence-corrected chi connectivity index (χ1v) is 6.61. The van der Waals surface area contributed by atoms with E-state index >= 15 is 0 Å². The third-order valence-corrected chi connectivity index (χ3v) is 3.22. The number of nitrogens with one attached hydrogen (secondary N) is 1. The molecule has 0 spiro atoms. The Bertz CT molecular complexity index is 727. The van der Waals surface area contributed by atoms with Crippen LogP contribution in [-0.2, 0) is 11.3 Å². The Morgan fingerprint density at radius 2 is 2.18 bits per heavy atom. The molecule has 1 N–H and O–H groups in total. The van der Waals surface area contributed by atoms with Crippen LogP contribution in [0.4, 0.5) is 15.8 Å². The van der Waals surface area contributed by atoms with E-state index in [1.165, 1.54) is 16.8 Å². The van der Waals surface area contributed by atoms with Gasteiger partial charge in [-0.2, -0.15) is 5.10 Å². The number of nitrogens with zero attached hydrogens (tertiary/aromatic N) is 3. The standard InChI is InChI=1S/C14H15FN4O3/c1-9-3-4-11(15)12(7-9)17-14(20)5-6-18-10(2)13(8-16-18)19(21)22/h3-4,7-8H,5-6H2,1-2H3,(H,17,20). The minimum absolute atomic E-state index is 0.0348. The number of aryl methyl sites for hydroxylation is 2. The van der Waals surface area contributed by atoms with Crippen molar-refractivity contribution < 1.29 is 14.1 Å². The topological polar surface area (TPSA) is 90.1 Å². The molecule has 0 aliphatic carbocycles. The smallest absolute Gasteiger partial charge is 0.309 e. The van der Waals surface area contributed by atoms with E-state index in [9.17, 15) is 19.3 Å². The highest BCUT2D eigenvalue weighted by atomic mass is 19.1. The summed E-state index contributed by atoms with van der Waals surface area (Å²) in [4.78, 5) is 22.0. The van der Waals surface area contributed by atoms with Crippen LogP contribution in [0, 0.1) is 29.8 Å². The Kier molecular flexibility index (Phi) is 4.50. The molecule has 0 aliphatic heterocycles. The summed E-state index contributed by atoms with van der Waals surface area (Å²) >= 11 is 0. The lowest BCUT2D eigenvalue weighted by Gasteiger charge is -2.08. The van der Waals surface area contributed by atoms with Crippen LogP contribution in [0.1, 0.15) is 17.7 Å². The van der Waals surface area contributed by atoms with Gasteiger partial charge in [0.25, 0.3) is 0 Å². The molecule has 22 heavy (non-hydrogen) atoms. The number of rotatable bonds is 5. The van der Waals surface area contributed by atoms with Crippen molar-refractivity contribution >= 4 is 17.3 Å². The van der Waals surface area contributed by atoms with E-state index in [0.29, 0.717) is 5.69 Å². The van der Waals surface area contributed by atoms with Crippen molar-refractivity contribution in [3.63, 3.8) is 0 Å². The number of halogens is 1. The molecule has 2 rings (SSSR count). The Balaban J connectivity index is 1.98. The van der Waals surface area contributed by atoms with Crippen LogP contribution in [0.5, 0.6) is 0 Å². The van der Waals surface area contributed by atoms with Crippen LogP contribution in [0.2, 0.25) is 0 Å². The summed E-state index contributed by atoms with van der Waals surface area (Å²) in [7, 11) is 0. The molecule has 2 aromatic rings. The van der Waals surface area contributed by atoms with Gasteiger partial charge in [0.05, 0.1) is 17.2 Å². The summed E-state index contributed by atoms with van der Waals surface area (Å²) in [6, 6.07) is 4.43. The summed E-state index contributed by atoms with van der Waals surface area (Å²) in [6.07, 6.45) is 1.18. The van der Waals surface area contributed by atoms with Gasteiger partial charge in [0.15, 0.2) is 0 Å². The van der Waals surface area contributed by atoms with Gasteiger partial charge in [0.2, 0.25) is 5.91 Å². The number of carbonyl (C=O) groups is 1. The Hall–Kier alpha value is -2.77. The molecule has 1 amide bonds. The minimum Gasteiger partial charge on any atom is -0.324 e. The van der Waals surface area contributed by atoms with E-state index < -0.39 is 10.7 Å². The van der Waals surface area contributed by atoms with Crippen molar-refractivity contribution in [2.24, 2.45) is 0 Å². The van der Waals surface area contributed by atoms with Gasteiger partial charge in [0, 0.05) is 6.42 Å². The molecule has 0 aliphatic rings. The molecular weight excluding hydrogens is 291 g/mol. The predicted molar refractivity (Wildman–Crippen MR) is 78.0 cm³/mol. The lowest BCUT2D eigenvalue weighted by Crippen LogP contribution is -2.16. The van der Waals surface area contributed by atoms with Crippen molar-refractivity contribution in [1.29, 1.82) is 0 Å². The van der Waals surface area contributed by atoms with Crippen LogP contribution < -0.4 is 5.32 Å². The number of carbonyl (C=O) groups excluding carboxylic acids is 1. The van der Waals surface area contributed by atoms with Crippen LogP contribution in [0.15, 0.2) is 24.4 Å². The van der Waals surface area contributed by atoms with Crippen LogP contribution >= 0.6 is 0 Å². The van der Waals surface area contributed by atoms with Gasteiger partial charge in [-0.1, -0.05) is 6.07 Å². The fraction of sp³-hybridized carbons (Fsp3) is 0.286. The van der Waals surface area contributed by atoms with Crippen molar-refractivity contribution in [2.45, 2.75) is 26.8 Å². The molecule has 1 aromatic heterocycles. The van der Waals surface area contributed by atoms with Gasteiger partial charge in [-0.3, -0.25) is 19.6 Å². The lowest BCUT2D eigenvalue weighted by atomic mass is 10.2. The normalized spacial score (nSPS) is 10.5. The molecule has 0 radical (unpaired) electrons. The minimum atomic E-state index is -0.527. The van der Waals surface area contributed by atoms with Crippen LogP contribution in [-0.4, -0.2) is 20.6 Å². The van der Waals surface area contributed by atoms with Gasteiger partial charge in [0.1, 0.15) is 17.7 Å². The van der Waals surface area contributed by atoms with E-state index in [1.54, 1.807) is 19.9 Å². The quantitative estimate of drug-likeness (QED) is 0.679. The molecule has 0 saturated carbocycles. The lowest BCUT2D eigenvalue weighted by molar-refractivity contribution is -0.385. The Morgan fingerprint density at radius 3 is 2.82 bits per heavy atom. The molecule has 1 heterocycles. The van der Waals surface area contributed by atoms with Crippen molar-refractivity contribution in [1.82, 2.24) is 9.78 Å². The van der Waals surface area contributed by atoms with Crippen molar-refractivity contribution in [2.75, 3.05) is 5.32 Å². The summed E-state index contributed by atoms with van der Waals surface area (Å²) in [5, 5.41) is 17.1. The summed E-state index contributed by atoms with van der Waals surface area (Å²) in [6.45, 7) is 3.53. The van der Waals surface area contributed by atoms with Gasteiger partial charge in [-0.15, -0.1) is 0 Å². The van der Waals surface area contributed by atoms with E-state index in [-0.39, 0.29) is 30.2 Å². The first kappa shape index (κ1) is 15.6. The molecular formula is C14H15FN4O3. The second-order valence-corrected chi connectivity index (χ2v) is 4.88. The zero-order valence-electron chi connectivity index (χ0n) is 12.2. The van der Waals surface area contributed by atoms with E-state index in [4.69, 9.17) is 0 Å². The Labute approximate surface area is 125 Å². The van der Waals surface area contributed by atoms with Crippen LogP contribution in [0.3, 0.4) is 0 Å². The van der Waals surface area contributed by atoms with Crippen molar-refractivity contribution in [3.8, 4) is 0 Å². The number of hydrogen-bond donors (Lipinski definition) is 1. The average Bonchev–Trinajstić information content (AvgIpc) is 2.82. The molecule has 0 bridgehead atoms. The first-order valence-electron chi connectivity index (χ1n) is 6.61. The molecule has 8 heteroatoms. The molecule has 7 nitrogen and oxygen atoms in total. The maximum atomic E-state index is 13.5. The monoisotopic (exact) mass is 306 g/mol. The fourth-order valence-electron chi connectivity index (χ4n) is 2.00. The summed E-state index contributed by atoms with van der Waals surface area (Å²) < 4.78 is 14.9. The predicted octanol–water partition coefficient (Wildman–Crippen LogP) is 2.58. The maximum absolute atomic E-state index is 13.5. The molecule has 0 fully saturated rings. The van der Waals surface area contributed by atoms with Crippen molar-refractivity contribution in [3.05, 3.63) is 51.6 Å². The highest BCUT2D eigenvalue weighted by molar-refractivity contribution is 5.90. The Morgan fingerprint density at radius 1 is 1.45 bits per heavy atom. The number of benzene rings is 1. The molecule has 0 atom stereocenters. The third kappa shape index (κ3) is 3.46. The van der Waals surface area contributed by atoms with Crippen LogP contribution in [0.25, 0.3) is 0 Å². The largest absolute Gasteiger partial charge is 0.324 e. The zero-order chi connectivity index (χ0) is 16.3. The second kappa shape index (κ2) is 6.33. The van der Waals surface area contributed by atoms with Gasteiger partial charge in [-0.05, 0) is 31.5 Å². The second-order valence-electron chi connectivity index (χ2n) is 4.88. The molecule has 0 unspecified atom stereocenters. The number of anilines is 1. The molecule has 116 valence electrons. The molecule has 0 saturated heterocycles. The van der Waals surface area contributed by atoms with Gasteiger partial charge in [-0.25, -0.2) is 4.39 Å². The highest BCUT2D eigenvalue weighted by Gasteiger charge is 2.17. The number of aromatic nitrogens is 2. The van der Waals surface area contributed by atoms with Gasteiger partial charge >= 0.3 is 5.69 Å². The SMILES string of the molecule is Cc1ccc(F)c(NC(=O)CCn2ncc([N+](=O)[O-])c2C)c1. The van der Waals surface area contributed by atoms with E-state index in [1.807, 2.05) is 0 Å². The maximum Gasteiger partial charge on any atom is 0.309 e. The molecule has 1 aromatic carbocycles. The average molecular weight is 306 g/mol. The van der Waals surface area contributed by atoms with E-state index in [0.717, 1.165) is 11.8 Å². The first-order chi connectivity index (χ1) is 10.4. The van der Waals surface area contributed by atoms with Gasteiger partial charge < -0.3 is 5.32 Å². The summed E-state index contributed by atoms with van der Waals surface area (Å²) in [5.74, 6) is -0.896.